The Morgan fingerprint density at radius 1 is 1.36 bits per heavy atom. The summed E-state index contributed by atoms with van der Waals surface area (Å²) in [7, 11) is 0. The molecule has 0 aliphatic rings. The van der Waals surface area contributed by atoms with Crippen molar-refractivity contribution in [1.82, 2.24) is 9.78 Å². The minimum atomic E-state index is -0.0927. The van der Waals surface area contributed by atoms with Gasteiger partial charge in [0.05, 0.1) is 5.69 Å². The average molecular weight is 209 g/mol. The predicted molar refractivity (Wildman–Crippen MR) is 56.1 cm³/mol. The lowest BCUT2D eigenvalue weighted by Crippen LogP contribution is -2.13. The van der Waals surface area contributed by atoms with Crippen LogP contribution in [-0.2, 0) is 0 Å². The molecule has 0 saturated carbocycles. The van der Waals surface area contributed by atoms with E-state index < -0.39 is 0 Å². The van der Waals surface area contributed by atoms with E-state index in [1.165, 1.54) is 10.7 Å². The maximum absolute atomic E-state index is 11.3. The Balaban J connectivity index is 2.59. The lowest BCUT2D eigenvalue weighted by atomic mass is 10.2. The van der Waals surface area contributed by atoms with Crippen molar-refractivity contribution in [2.45, 2.75) is 6.92 Å². The van der Waals surface area contributed by atoms with Crippen LogP contribution in [0.25, 0.3) is 5.69 Å². The lowest BCUT2D eigenvalue weighted by Gasteiger charge is -2.03. The molecule has 0 radical (unpaired) electrons. The molecule has 0 saturated heterocycles. The molecule has 2 aromatic rings. The van der Waals surface area contributed by atoms with Gasteiger partial charge >= 0.3 is 0 Å². The third-order valence-electron chi connectivity index (χ3n) is 2.06. The fourth-order valence-corrected chi connectivity index (χ4v) is 1.42. The molecular formula is C10H9ClN2O. The van der Waals surface area contributed by atoms with Crippen molar-refractivity contribution in [3.8, 4) is 5.69 Å². The zero-order valence-electron chi connectivity index (χ0n) is 7.62. The molecule has 1 N–H and O–H groups in total. The number of nitrogens with zero attached hydrogens (tertiary/aromatic N) is 1. The van der Waals surface area contributed by atoms with Crippen molar-refractivity contribution in [2.24, 2.45) is 0 Å². The van der Waals surface area contributed by atoms with Crippen LogP contribution in [-0.4, -0.2) is 9.78 Å². The smallest absolute Gasteiger partial charge is 0.271 e. The molecule has 72 valence electrons. The quantitative estimate of drug-likeness (QED) is 0.766. The van der Waals surface area contributed by atoms with Crippen molar-refractivity contribution >= 4 is 11.6 Å². The highest BCUT2D eigenvalue weighted by Gasteiger charge is 2.01. The first kappa shape index (κ1) is 9.09. The van der Waals surface area contributed by atoms with E-state index in [9.17, 15) is 4.79 Å². The molecular weight excluding hydrogens is 200 g/mol. The molecule has 0 aliphatic heterocycles. The summed E-state index contributed by atoms with van der Waals surface area (Å²) in [6.07, 6.45) is 1.59. The Bertz CT molecular complexity index is 513. The molecule has 0 spiro atoms. The fourth-order valence-electron chi connectivity index (χ4n) is 1.24. The van der Waals surface area contributed by atoms with Crippen LogP contribution in [0.3, 0.4) is 0 Å². The second kappa shape index (κ2) is 3.35. The van der Waals surface area contributed by atoms with Gasteiger partial charge in [0.2, 0.25) is 0 Å². The monoisotopic (exact) mass is 208 g/mol. The topological polar surface area (TPSA) is 37.8 Å². The number of aromatic amines is 1. The predicted octanol–water partition coefficient (Wildman–Crippen LogP) is 2.13. The third kappa shape index (κ3) is 1.46. The summed E-state index contributed by atoms with van der Waals surface area (Å²) in [5.41, 5.74) is 1.65. The van der Waals surface area contributed by atoms with Crippen LogP contribution in [0.4, 0.5) is 0 Å². The molecule has 0 unspecified atom stereocenters. The van der Waals surface area contributed by atoms with Gasteiger partial charge in [-0.1, -0.05) is 17.7 Å². The van der Waals surface area contributed by atoms with Gasteiger partial charge in [-0.15, -0.1) is 0 Å². The Kier molecular flexibility index (Phi) is 2.17. The summed E-state index contributed by atoms with van der Waals surface area (Å²) >= 11 is 5.95. The van der Waals surface area contributed by atoms with Crippen LogP contribution < -0.4 is 5.56 Å². The van der Waals surface area contributed by atoms with Crippen LogP contribution in [0, 0.1) is 6.92 Å². The standard InChI is InChI=1S/C10H9ClN2O/c1-7-2-3-8(6-9(7)11)13-10(14)4-5-12-13/h2-6,12H,1H3. The van der Waals surface area contributed by atoms with Gasteiger partial charge in [-0.2, -0.15) is 0 Å². The van der Waals surface area contributed by atoms with Gasteiger partial charge in [-0.05, 0) is 24.6 Å². The highest BCUT2D eigenvalue weighted by atomic mass is 35.5. The van der Waals surface area contributed by atoms with Crippen molar-refractivity contribution < 1.29 is 0 Å². The molecule has 4 heteroatoms. The van der Waals surface area contributed by atoms with E-state index in [0.29, 0.717) is 5.02 Å². The minimum Gasteiger partial charge on any atom is -0.298 e. The number of aromatic nitrogens is 2. The minimum absolute atomic E-state index is 0.0927. The number of benzene rings is 1. The fraction of sp³-hybridized carbons (Fsp3) is 0.100. The molecule has 0 aliphatic carbocycles. The van der Waals surface area contributed by atoms with Crippen LogP contribution in [0.5, 0.6) is 0 Å². The first-order chi connectivity index (χ1) is 6.68. The zero-order chi connectivity index (χ0) is 10.1. The number of H-pyrrole nitrogens is 1. The Hall–Kier alpha value is -1.48. The second-order valence-electron chi connectivity index (χ2n) is 3.07. The highest BCUT2D eigenvalue weighted by molar-refractivity contribution is 6.31. The average Bonchev–Trinajstić information content (AvgIpc) is 2.57. The first-order valence-electron chi connectivity index (χ1n) is 4.21. The van der Waals surface area contributed by atoms with Crippen LogP contribution in [0.2, 0.25) is 5.02 Å². The van der Waals surface area contributed by atoms with Gasteiger partial charge in [0.1, 0.15) is 0 Å². The molecule has 1 aromatic carbocycles. The Morgan fingerprint density at radius 3 is 2.71 bits per heavy atom. The van der Waals surface area contributed by atoms with Gasteiger partial charge in [0.25, 0.3) is 5.56 Å². The van der Waals surface area contributed by atoms with Crippen LogP contribution in [0.15, 0.2) is 35.3 Å². The Labute approximate surface area is 85.9 Å². The van der Waals surface area contributed by atoms with E-state index in [0.717, 1.165) is 11.3 Å². The van der Waals surface area contributed by atoms with E-state index in [1.54, 1.807) is 12.3 Å². The van der Waals surface area contributed by atoms with E-state index in [-0.39, 0.29) is 5.56 Å². The van der Waals surface area contributed by atoms with Gasteiger partial charge in [-0.3, -0.25) is 9.89 Å². The third-order valence-corrected chi connectivity index (χ3v) is 2.47. The number of rotatable bonds is 1. The summed E-state index contributed by atoms with van der Waals surface area (Å²) in [5.74, 6) is 0. The van der Waals surface area contributed by atoms with Gasteiger partial charge < -0.3 is 0 Å². The van der Waals surface area contributed by atoms with Crippen molar-refractivity contribution in [3.63, 3.8) is 0 Å². The highest BCUT2D eigenvalue weighted by Crippen LogP contribution is 2.17. The van der Waals surface area contributed by atoms with Gasteiger partial charge in [0.15, 0.2) is 0 Å². The van der Waals surface area contributed by atoms with Crippen molar-refractivity contribution in [1.29, 1.82) is 0 Å². The van der Waals surface area contributed by atoms with E-state index in [1.807, 2.05) is 19.1 Å². The van der Waals surface area contributed by atoms with Gasteiger partial charge in [0, 0.05) is 17.3 Å². The van der Waals surface area contributed by atoms with E-state index in [4.69, 9.17) is 11.6 Å². The van der Waals surface area contributed by atoms with Crippen molar-refractivity contribution in [3.05, 3.63) is 51.4 Å². The zero-order valence-corrected chi connectivity index (χ0v) is 8.38. The maximum atomic E-state index is 11.3. The largest absolute Gasteiger partial charge is 0.298 e. The first-order valence-corrected chi connectivity index (χ1v) is 4.59. The van der Waals surface area contributed by atoms with E-state index >= 15 is 0 Å². The molecule has 1 aromatic heterocycles. The maximum Gasteiger partial charge on any atom is 0.271 e. The molecule has 2 rings (SSSR count). The molecule has 0 bridgehead atoms. The summed E-state index contributed by atoms with van der Waals surface area (Å²) < 4.78 is 1.44. The molecule has 0 amide bonds. The molecule has 14 heavy (non-hydrogen) atoms. The number of halogens is 1. The molecule has 0 fully saturated rings. The van der Waals surface area contributed by atoms with Crippen LogP contribution >= 0.6 is 11.6 Å². The summed E-state index contributed by atoms with van der Waals surface area (Å²) in [6, 6.07) is 6.95. The SMILES string of the molecule is Cc1ccc(-n2[nH]ccc2=O)cc1Cl. The molecule has 0 atom stereocenters. The summed E-state index contributed by atoms with van der Waals surface area (Å²) in [5, 5.41) is 3.47. The molecule has 1 heterocycles. The summed E-state index contributed by atoms with van der Waals surface area (Å²) in [6.45, 7) is 1.92. The number of hydrogen-bond donors (Lipinski definition) is 1. The summed E-state index contributed by atoms with van der Waals surface area (Å²) in [4.78, 5) is 11.3. The number of aryl methyl sites for hydroxylation is 1. The second-order valence-corrected chi connectivity index (χ2v) is 3.48. The van der Waals surface area contributed by atoms with Gasteiger partial charge in [-0.25, -0.2) is 4.68 Å². The molecule has 3 nitrogen and oxygen atoms in total. The number of hydrogen-bond acceptors (Lipinski definition) is 1. The van der Waals surface area contributed by atoms with Crippen LogP contribution in [0.1, 0.15) is 5.56 Å². The van der Waals surface area contributed by atoms with E-state index in [2.05, 4.69) is 5.10 Å². The normalized spacial score (nSPS) is 10.4. The Morgan fingerprint density at radius 2 is 2.14 bits per heavy atom. The van der Waals surface area contributed by atoms with Crippen molar-refractivity contribution in [2.75, 3.05) is 0 Å². The lowest BCUT2D eigenvalue weighted by molar-refractivity contribution is 0.849. The number of nitrogens with one attached hydrogen (secondary N) is 1.